The van der Waals surface area contributed by atoms with Crippen molar-refractivity contribution < 1.29 is 0 Å². The maximum Gasteiger partial charge on any atom is 0.0476 e. The highest BCUT2D eigenvalue weighted by Gasteiger charge is 2.17. The molecule has 0 bridgehead atoms. The van der Waals surface area contributed by atoms with Gasteiger partial charge in [-0.15, -0.1) is 11.3 Å². The Labute approximate surface area is 342 Å². The van der Waals surface area contributed by atoms with Gasteiger partial charge >= 0.3 is 0 Å². The molecular weight excluding hydrogens is 719 g/mol. The zero-order chi connectivity index (χ0) is 38.4. The van der Waals surface area contributed by atoms with E-state index in [-0.39, 0.29) is 0 Å². The van der Waals surface area contributed by atoms with Crippen LogP contribution in [0.3, 0.4) is 0 Å². The number of benzene rings is 10. The van der Waals surface area contributed by atoms with Crippen LogP contribution in [0.15, 0.2) is 224 Å². The lowest BCUT2D eigenvalue weighted by molar-refractivity contribution is 1.29. The van der Waals surface area contributed by atoms with E-state index in [2.05, 4.69) is 229 Å². The Morgan fingerprint density at radius 1 is 0.276 bits per heavy atom. The van der Waals surface area contributed by atoms with Crippen molar-refractivity contribution in [2.75, 3.05) is 4.90 Å². The van der Waals surface area contributed by atoms with Gasteiger partial charge in [0, 0.05) is 37.2 Å². The van der Waals surface area contributed by atoms with E-state index in [4.69, 9.17) is 0 Å². The summed E-state index contributed by atoms with van der Waals surface area (Å²) < 4.78 is 2.58. The van der Waals surface area contributed by atoms with Crippen molar-refractivity contribution in [1.29, 1.82) is 0 Å². The molecule has 272 valence electrons. The van der Waals surface area contributed by atoms with Gasteiger partial charge in [0.15, 0.2) is 0 Å². The van der Waals surface area contributed by atoms with Gasteiger partial charge in [0.25, 0.3) is 0 Å². The summed E-state index contributed by atoms with van der Waals surface area (Å²) >= 11 is 1.88. The number of nitrogens with zero attached hydrogens (tertiary/aromatic N) is 1. The third-order valence-corrected chi connectivity index (χ3v) is 12.7. The van der Waals surface area contributed by atoms with Crippen molar-refractivity contribution in [2.45, 2.75) is 0 Å². The number of thiophene rings is 1. The molecule has 0 fully saturated rings. The van der Waals surface area contributed by atoms with E-state index in [1.165, 1.54) is 86.2 Å². The molecule has 11 aromatic rings. The molecule has 58 heavy (non-hydrogen) atoms. The van der Waals surface area contributed by atoms with Crippen LogP contribution >= 0.6 is 11.3 Å². The van der Waals surface area contributed by atoms with E-state index in [1.54, 1.807) is 0 Å². The summed E-state index contributed by atoms with van der Waals surface area (Å²) in [4.78, 5) is 2.39. The SMILES string of the molecule is c1ccc(-c2cccc(-c3cccc4c3sc3cc(N(c5ccc(-c6ccc7ccccc7c6)cc5)c5ccc(-c6cccc7ccccc67)cc5)ccc34)c2)cc1. The summed E-state index contributed by atoms with van der Waals surface area (Å²) in [6, 6.07) is 81.9. The number of fused-ring (bicyclic) bond motifs is 5. The number of hydrogen-bond acceptors (Lipinski definition) is 2. The Balaban J connectivity index is 1.02. The summed E-state index contributed by atoms with van der Waals surface area (Å²) in [6.45, 7) is 0. The van der Waals surface area contributed by atoms with Gasteiger partial charge < -0.3 is 4.90 Å². The Morgan fingerprint density at radius 3 is 1.66 bits per heavy atom. The smallest absolute Gasteiger partial charge is 0.0476 e. The van der Waals surface area contributed by atoms with Crippen molar-refractivity contribution in [2.24, 2.45) is 0 Å². The first-order chi connectivity index (χ1) is 28.7. The van der Waals surface area contributed by atoms with Gasteiger partial charge in [0.1, 0.15) is 0 Å². The fourth-order valence-corrected chi connectivity index (χ4v) is 9.81. The van der Waals surface area contributed by atoms with Crippen LogP contribution in [0.25, 0.3) is 86.2 Å². The number of anilines is 3. The van der Waals surface area contributed by atoms with Gasteiger partial charge in [-0.1, -0.05) is 176 Å². The monoisotopic (exact) mass is 755 g/mol. The summed E-state index contributed by atoms with van der Waals surface area (Å²) in [7, 11) is 0. The van der Waals surface area contributed by atoms with Crippen LogP contribution in [0.5, 0.6) is 0 Å². The first-order valence-electron chi connectivity index (χ1n) is 19.8. The minimum atomic E-state index is 1.11. The largest absolute Gasteiger partial charge is 0.310 e. The maximum atomic E-state index is 2.39. The fourth-order valence-electron chi connectivity index (χ4n) is 8.54. The molecule has 0 spiro atoms. The molecule has 0 atom stereocenters. The second-order valence-corrected chi connectivity index (χ2v) is 16.0. The predicted molar refractivity (Wildman–Crippen MR) is 251 cm³/mol. The molecule has 1 nitrogen and oxygen atoms in total. The van der Waals surface area contributed by atoms with Crippen LogP contribution in [0.1, 0.15) is 0 Å². The minimum Gasteiger partial charge on any atom is -0.310 e. The van der Waals surface area contributed by atoms with Crippen LogP contribution < -0.4 is 4.90 Å². The quantitative estimate of drug-likeness (QED) is 0.157. The Kier molecular flexibility index (Phi) is 8.42. The lowest BCUT2D eigenvalue weighted by atomic mass is 9.97. The van der Waals surface area contributed by atoms with Gasteiger partial charge in [0.2, 0.25) is 0 Å². The lowest BCUT2D eigenvalue weighted by Gasteiger charge is -2.26. The summed E-state index contributed by atoms with van der Waals surface area (Å²) in [6.07, 6.45) is 0. The van der Waals surface area contributed by atoms with E-state index in [0.717, 1.165) is 17.1 Å². The van der Waals surface area contributed by atoms with Crippen LogP contribution in [0.4, 0.5) is 17.1 Å². The Hall–Kier alpha value is -7.26. The molecule has 0 saturated heterocycles. The molecular formula is C56H37NS. The van der Waals surface area contributed by atoms with Crippen molar-refractivity contribution in [3.63, 3.8) is 0 Å². The van der Waals surface area contributed by atoms with Crippen LogP contribution in [0, 0.1) is 0 Å². The highest BCUT2D eigenvalue weighted by Crippen LogP contribution is 2.44. The maximum absolute atomic E-state index is 2.39. The average molecular weight is 756 g/mol. The fraction of sp³-hybridized carbons (Fsp3) is 0. The molecule has 0 aliphatic carbocycles. The van der Waals surface area contributed by atoms with Gasteiger partial charge in [-0.3, -0.25) is 0 Å². The van der Waals surface area contributed by atoms with E-state index in [9.17, 15) is 0 Å². The van der Waals surface area contributed by atoms with Gasteiger partial charge in [-0.25, -0.2) is 0 Å². The second kappa shape index (κ2) is 14.4. The van der Waals surface area contributed by atoms with E-state index < -0.39 is 0 Å². The zero-order valence-corrected chi connectivity index (χ0v) is 32.5. The highest BCUT2D eigenvalue weighted by molar-refractivity contribution is 7.26. The summed E-state index contributed by atoms with van der Waals surface area (Å²) in [5.41, 5.74) is 13.2. The summed E-state index contributed by atoms with van der Waals surface area (Å²) in [5, 5.41) is 7.59. The molecule has 10 aromatic carbocycles. The molecule has 1 aromatic heterocycles. The molecule has 2 heteroatoms. The molecule has 0 radical (unpaired) electrons. The minimum absolute atomic E-state index is 1.11. The third kappa shape index (κ3) is 6.12. The summed E-state index contributed by atoms with van der Waals surface area (Å²) in [5.74, 6) is 0. The molecule has 0 aliphatic heterocycles. The Morgan fingerprint density at radius 2 is 0.828 bits per heavy atom. The van der Waals surface area contributed by atoms with Gasteiger partial charge in [0.05, 0.1) is 0 Å². The molecule has 0 N–H and O–H groups in total. The number of rotatable bonds is 7. The van der Waals surface area contributed by atoms with Crippen LogP contribution in [-0.4, -0.2) is 0 Å². The van der Waals surface area contributed by atoms with E-state index in [0.29, 0.717) is 0 Å². The first kappa shape index (κ1) is 34.0. The molecule has 0 unspecified atom stereocenters. The first-order valence-corrected chi connectivity index (χ1v) is 20.6. The van der Waals surface area contributed by atoms with Crippen LogP contribution in [-0.2, 0) is 0 Å². The van der Waals surface area contributed by atoms with Gasteiger partial charge in [-0.2, -0.15) is 0 Å². The van der Waals surface area contributed by atoms with Crippen molar-refractivity contribution in [3.05, 3.63) is 224 Å². The topological polar surface area (TPSA) is 3.24 Å². The number of hydrogen-bond donors (Lipinski definition) is 0. The molecule has 0 aliphatic rings. The van der Waals surface area contributed by atoms with Crippen molar-refractivity contribution in [3.8, 4) is 44.5 Å². The second-order valence-electron chi connectivity index (χ2n) is 14.9. The van der Waals surface area contributed by atoms with E-state index in [1.807, 2.05) is 11.3 Å². The average Bonchev–Trinajstić information content (AvgIpc) is 3.68. The van der Waals surface area contributed by atoms with Crippen molar-refractivity contribution >= 4 is 70.1 Å². The van der Waals surface area contributed by atoms with Crippen LogP contribution in [0.2, 0.25) is 0 Å². The third-order valence-electron chi connectivity index (χ3n) is 11.5. The standard InChI is InChI=1S/C56H37NS/c1-2-11-38(12-3-1)44-17-8-18-46(36-44)52-21-10-22-54-53-34-33-49(37-55(53)58-56(52)54)57(47-29-25-40(26-30-47)45-24-23-39-13-4-5-15-43(39)35-45)48-31-27-42(28-32-48)51-20-9-16-41-14-6-7-19-50(41)51/h1-37H. The van der Waals surface area contributed by atoms with Gasteiger partial charge in [-0.05, 0) is 115 Å². The molecule has 11 rings (SSSR count). The highest BCUT2D eigenvalue weighted by atomic mass is 32.1. The molecule has 1 heterocycles. The van der Waals surface area contributed by atoms with E-state index >= 15 is 0 Å². The predicted octanol–water partition coefficient (Wildman–Crippen LogP) is 16.5. The Bertz CT molecular complexity index is 3260. The normalized spacial score (nSPS) is 11.4. The zero-order valence-electron chi connectivity index (χ0n) is 31.7. The molecule has 0 saturated carbocycles. The lowest BCUT2D eigenvalue weighted by Crippen LogP contribution is -2.09. The molecule has 0 amide bonds. The van der Waals surface area contributed by atoms with Crippen molar-refractivity contribution in [1.82, 2.24) is 0 Å².